The van der Waals surface area contributed by atoms with Crippen LogP contribution in [0.25, 0.3) is 0 Å². The molecule has 0 aromatic rings. The van der Waals surface area contributed by atoms with E-state index in [0.29, 0.717) is 5.92 Å². The smallest absolute Gasteiger partial charge is 0.0655 e. The number of nitrogens with zero attached hydrogens (tertiary/aromatic N) is 1. The number of hydrogen-bond acceptors (Lipinski definition) is 1. The Balaban J connectivity index is 3.33. The SMILES string of the molecule is C=CCCCCC(C#N)CCC. The zero-order valence-electron chi connectivity index (χ0n) is 8.05. The quantitative estimate of drug-likeness (QED) is 0.417. The lowest BCUT2D eigenvalue weighted by Gasteiger charge is -2.05. The lowest BCUT2D eigenvalue weighted by atomic mass is 9.98. The third-order valence-corrected chi connectivity index (χ3v) is 2.03. The average molecular weight is 165 g/mol. The van der Waals surface area contributed by atoms with Crippen molar-refractivity contribution in [1.82, 2.24) is 0 Å². The standard InChI is InChI=1S/C11H19N/c1-3-5-6-7-9-11(10-12)8-4-2/h3,11H,1,4-9H2,2H3. The number of rotatable bonds is 7. The van der Waals surface area contributed by atoms with Gasteiger partial charge in [-0.2, -0.15) is 5.26 Å². The molecule has 1 atom stereocenters. The van der Waals surface area contributed by atoms with E-state index < -0.39 is 0 Å². The molecule has 1 heteroatoms. The molecule has 0 fully saturated rings. The van der Waals surface area contributed by atoms with Crippen molar-refractivity contribution in [2.45, 2.75) is 45.4 Å². The van der Waals surface area contributed by atoms with Gasteiger partial charge in [0.15, 0.2) is 0 Å². The second-order valence-electron chi connectivity index (χ2n) is 3.19. The van der Waals surface area contributed by atoms with Crippen LogP contribution in [0.5, 0.6) is 0 Å². The lowest BCUT2D eigenvalue weighted by molar-refractivity contribution is 0.515. The Morgan fingerprint density at radius 3 is 2.67 bits per heavy atom. The molecule has 0 radical (unpaired) electrons. The van der Waals surface area contributed by atoms with Crippen molar-refractivity contribution in [1.29, 1.82) is 5.26 Å². The fraction of sp³-hybridized carbons (Fsp3) is 0.727. The molecule has 0 saturated heterocycles. The molecule has 0 aliphatic heterocycles. The molecule has 0 aromatic carbocycles. The molecule has 0 saturated carbocycles. The monoisotopic (exact) mass is 165 g/mol. The van der Waals surface area contributed by atoms with E-state index in [2.05, 4.69) is 19.6 Å². The van der Waals surface area contributed by atoms with Crippen LogP contribution in [0.2, 0.25) is 0 Å². The van der Waals surface area contributed by atoms with E-state index in [9.17, 15) is 0 Å². The molecule has 0 aliphatic rings. The molecule has 0 spiro atoms. The van der Waals surface area contributed by atoms with Crippen LogP contribution in [0, 0.1) is 17.2 Å². The van der Waals surface area contributed by atoms with E-state index in [1.54, 1.807) is 0 Å². The molecule has 0 aromatic heterocycles. The highest BCUT2D eigenvalue weighted by atomic mass is 14.3. The van der Waals surface area contributed by atoms with Crippen LogP contribution >= 0.6 is 0 Å². The largest absolute Gasteiger partial charge is 0.198 e. The Labute approximate surface area is 76.1 Å². The third kappa shape index (κ3) is 5.97. The van der Waals surface area contributed by atoms with Crippen molar-refractivity contribution in [2.75, 3.05) is 0 Å². The Hall–Kier alpha value is -0.770. The summed E-state index contributed by atoms with van der Waals surface area (Å²) in [4.78, 5) is 0. The van der Waals surface area contributed by atoms with Gasteiger partial charge in [0.25, 0.3) is 0 Å². The van der Waals surface area contributed by atoms with Gasteiger partial charge in [-0.05, 0) is 25.7 Å². The highest BCUT2D eigenvalue weighted by Gasteiger charge is 2.04. The summed E-state index contributed by atoms with van der Waals surface area (Å²) in [6, 6.07) is 2.35. The summed E-state index contributed by atoms with van der Waals surface area (Å²) in [5, 5.41) is 8.74. The third-order valence-electron chi connectivity index (χ3n) is 2.03. The highest BCUT2D eigenvalue weighted by molar-refractivity contribution is 4.82. The summed E-state index contributed by atoms with van der Waals surface area (Å²) in [6.45, 7) is 5.80. The van der Waals surface area contributed by atoms with Gasteiger partial charge in [0.2, 0.25) is 0 Å². The van der Waals surface area contributed by atoms with E-state index in [4.69, 9.17) is 5.26 Å². The Morgan fingerprint density at radius 1 is 1.42 bits per heavy atom. The molecule has 12 heavy (non-hydrogen) atoms. The minimum atomic E-state index is 0.291. The van der Waals surface area contributed by atoms with Gasteiger partial charge in [-0.1, -0.05) is 25.8 Å². The Morgan fingerprint density at radius 2 is 2.17 bits per heavy atom. The summed E-state index contributed by atoms with van der Waals surface area (Å²) in [6.07, 6.45) is 8.64. The van der Waals surface area contributed by atoms with Gasteiger partial charge < -0.3 is 0 Å². The van der Waals surface area contributed by atoms with Gasteiger partial charge in [-0.3, -0.25) is 0 Å². The zero-order chi connectivity index (χ0) is 9.23. The van der Waals surface area contributed by atoms with Crippen molar-refractivity contribution in [3.8, 4) is 6.07 Å². The topological polar surface area (TPSA) is 23.8 Å². The molecular weight excluding hydrogens is 146 g/mol. The van der Waals surface area contributed by atoms with Gasteiger partial charge in [-0.25, -0.2) is 0 Å². The highest BCUT2D eigenvalue weighted by Crippen LogP contribution is 2.14. The summed E-state index contributed by atoms with van der Waals surface area (Å²) in [7, 11) is 0. The Kier molecular flexibility index (Phi) is 7.79. The van der Waals surface area contributed by atoms with Crippen molar-refractivity contribution in [2.24, 2.45) is 5.92 Å². The molecule has 68 valence electrons. The maximum Gasteiger partial charge on any atom is 0.0655 e. The van der Waals surface area contributed by atoms with Crippen LogP contribution in [0.15, 0.2) is 12.7 Å². The summed E-state index contributed by atoms with van der Waals surface area (Å²) in [5.74, 6) is 0.291. The van der Waals surface area contributed by atoms with Crippen LogP contribution in [0.4, 0.5) is 0 Å². The van der Waals surface area contributed by atoms with Gasteiger partial charge in [0.1, 0.15) is 0 Å². The summed E-state index contributed by atoms with van der Waals surface area (Å²) < 4.78 is 0. The van der Waals surface area contributed by atoms with Gasteiger partial charge in [-0.15, -0.1) is 6.58 Å². The average Bonchev–Trinajstić information content (AvgIpc) is 2.10. The molecule has 0 amide bonds. The first-order valence-electron chi connectivity index (χ1n) is 4.85. The molecule has 0 aliphatic carbocycles. The fourth-order valence-corrected chi connectivity index (χ4v) is 1.30. The van der Waals surface area contributed by atoms with E-state index in [1.165, 1.54) is 12.8 Å². The van der Waals surface area contributed by atoms with E-state index in [0.717, 1.165) is 25.7 Å². The van der Waals surface area contributed by atoms with Gasteiger partial charge in [0.05, 0.1) is 6.07 Å². The first-order chi connectivity index (χ1) is 5.85. The molecule has 1 unspecified atom stereocenters. The first kappa shape index (κ1) is 11.2. The van der Waals surface area contributed by atoms with E-state index in [-0.39, 0.29) is 0 Å². The number of unbranched alkanes of at least 4 members (excludes halogenated alkanes) is 2. The second-order valence-corrected chi connectivity index (χ2v) is 3.19. The summed E-state index contributed by atoms with van der Waals surface area (Å²) >= 11 is 0. The molecule has 0 bridgehead atoms. The van der Waals surface area contributed by atoms with E-state index >= 15 is 0 Å². The van der Waals surface area contributed by atoms with Crippen molar-refractivity contribution >= 4 is 0 Å². The molecule has 0 N–H and O–H groups in total. The second kappa shape index (κ2) is 8.33. The number of hydrogen-bond donors (Lipinski definition) is 0. The molecule has 1 nitrogen and oxygen atoms in total. The number of nitriles is 1. The summed E-state index contributed by atoms with van der Waals surface area (Å²) in [5.41, 5.74) is 0. The minimum absolute atomic E-state index is 0.291. The molecule has 0 rings (SSSR count). The molecular formula is C11H19N. The maximum atomic E-state index is 8.74. The van der Waals surface area contributed by atoms with Crippen molar-refractivity contribution < 1.29 is 0 Å². The van der Waals surface area contributed by atoms with Crippen LogP contribution in [-0.4, -0.2) is 0 Å². The van der Waals surface area contributed by atoms with Gasteiger partial charge >= 0.3 is 0 Å². The van der Waals surface area contributed by atoms with Gasteiger partial charge in [0, 0.05) is 5.92 Å². The first-order valence-corrected chi connectivity index (χ1v) is 4.85. The normalized spacial score (nSPS) is 12.0. The number of allylic oxidation sites excluding steroid dienone is 1. The van der Waals surface area contributed by atoms with Crippen LogP contribution in [0.1, 0.15) is 45.4 Å². The Bertz CT molecular complexity index is 144. The van der Waals surface area contributed by atoms with E-state index in [1.807, 2.05) is 6.08 Å². The predicted molar refractivity (Wildman–Crippen MR) is 52.7 cm³/mol. The zero-order valence-corrected chi connectivity index (χ0v) is 8.05. The minimum Gasteiger partial charge on any atom is -0.198 e. The van der Waals surface area contributed by atoms with Crippen molar-refractivity contribution in [3.63, 3.8) is 0 Å². The maximum absolute atomic E-state index is 8.74. The lowest BCUT2D eigenvalue weighted by Crippen LogP contribution is -1.95. The fourth-order valence-electron chi connectivity index (χ4n) is 1.30. The van der Waals surface area contributed by atoms with Crippen LogP contribution < -0.4 is 0 Å². The molecule has 0 heterocycles. The van der Waals surface area contributed by atoms with Crippen LogP contribution in [0.3, 0.4) is 0 Å². The van der Waals surface area contributed by atoms with Crippen LogP contribution in [-0.2, 0) is 0 Å². The van der Waals surface area contributed by atoms with Crippen molar-refractivity contribution in [3.05, 3.63) is 12.7 Å². The predicted octanol–water partition coefficient (Wildman–Crippen LogP) is 3.67.